The topological polar surface area (TPSA) is 80.9 Å². The van der Waals surface area contributed by atoms with Gasteiger partial charge in [0, 0.05) is 5.39 Å². The molecule has 0 saturated carbocycles. The molecule has 5 nitrogen and oxygen atoms in total. The zero-order valence-corrected chi connectivity index (χ0v) is 10.9. The summed E-state index contributed by atoms with van der Waals surface area (Å²) in [5.74, 6) is -1.31. The first-order valence-corrected chi connectivity index (χ1v) is 6.21. The van der Waals surface area contributed by atoms with E-state index in [1.165, 1.54) is 6.07 Å². The van der Waals surface area contributed by atoms with Gasteiger partial charge in [0.15, 0.2) is 0 Å². The number of nitrogens with zero attached hydrogens (tertiary/aromatic N) is 2. The summed E-state index contributed by atoms with van der Waals surface area (Å²) in [7, 11) is 0. The van der Waals surface area contributed by atoms with E-state index in [1.807, 2.05) is 30.3 Å². The molecule has 1 aromatic carbocycles. The summed E-state index contributed by atoms with van der Waals surface area (Å²) in [6.07, 6.45) is 1.58. The first kappa shape index (κ1) is 13.0. The molecule has 104 valence electrons. The largest absolute Gasteiger partial charge is 0.365 e. The average molecular weight is 282 g/mol. The fourth-order valence-electron chi connectivity index (χ4n) is 2.01. The van der Waals surface area contributed by atoms with Gasteiger partial charge in [0.25, 0.3) is 5.91 Å². The first-order valence-electron chi connectivity index (χ1n) is 6.21. The standard InChI is InChI=1S/C15H11FN4O/c16-13-6-5-11(14(17)21)15(20-13)19-10-7-9-3-1-2-4-12(9)18-8-10/h1-8H,(H2,17,21)(H,19,20). The minimum Gasteiger partial charge on any atom is -0.365 e. The Kier molecular flexibility index (Phi) is 3.19. The van der Waals surface area contributed by atoms with E-state index < -0.39 is 11.9 Å². The molecular formula is C15H11FN4O. The van der Waals surface area contributed by atoms with E-state index in [9.17, 15) is 9.18 Å². The second-order valence-corrected chi connectivity index (χ2v) is 4.44. The number of aromatic nitrogens is 2. The number of hydrogen-bond donors (Lipinski definition) is 2. The third-order valence-corrected chi connectivity index (χ3v) is 2.98. The second kappa shape index (κ2) is 5.16. The number of rotatable bonds is 3. The minimum absolute atomic E-state index is 0.0691. The van der Waals surface area contributed by atoms with Gasteiger partial charge in [-0.3, -0.25) is 9.78 Å². The Morgan fingerprint density at radius 1 is 1.19 bits per heavy atom. The third-order valence-electron chi connectivity index (χ3n) is 2.98. The minimum atomic E-state index is -0.698. The van der Waals surface area contributed by atoms with Gasteiger partial charge in [0.1, 0.15) is 5.82 Å². The van der Waals surface area contributed by atoms with Crippen molar-refractivity contribution in [3.05, 3.63) is 60.2 Å². The number of nitrogens with one attached hydrogen (secondary N) is 1. The van der Waals surface area contributed by atoms with Gasteiger partial charge in [-0.2, -0.15) is 4.39 Å². The molecule has 0 unspecified atom stereocenters. The highest BCUT2D eigenvalue weighted by molar-refractivity contribution is 5.98. The molecule has 2 heterocycles. The van der Waals surface area contributed by atoms with Crippen LogP contribution in [0.25, 0.3) is 10.9 Å². The van der Waals surface area contributed by atoms with Crippen LogP contribution in [0.1, 0.15) is 10.4 Å². The van der Waals surface area contributed by atoms with Gasteiger partial charge in [0.2, 0.25) is 5.95 Å². The SMILES string of the molecule is NC(=O)c1ccc(F)nc1Nc1cnc2ccccc2c1. The predicted molar refractivity (Wildman–Crippen MR) is 77.7 cm³/mol. The highest BCUT2D eigenvalue weighted by Gasteiger charge is 2.11. The van der Waals surface area contributed by atoms with Crippen LogP contribution < -0.4 is 11.1 Å². The number of amides is 1. The van der Waals surface area contributed by atoms with Gasteiger partial charge in [-0.1, -0.05) is 18.2 Å². The van der Waals surface area contributed by atoms with Crippen molar-refractivity contribution in [2.24, 2.45) is 5.73 Å². The number of anilines is 2. The van der Waals surface area contributed by atoms with Gasteiger partial charge >= 0.3 is 0 Å². The van der Waals surface area contributed by atoms with Crippen LogP contribution in [0.5, 0.6) is 0 Å². The van der Waals surface area contributed by atoms with Gasteiger partial charge in [0.05, 0.1) is 23.0 Å². The number of benzene rings is 1. The zero-order valence-electron chi connectivity index (χ0n) is 10.9. The molecule has 0 atom stereocenters. The lowest BCUT2D eigenvalue weighted by molar-refractivity contribution is 0.100. The molecule has 21 heavy (non-hydrogen) atoms. The van der Waals surface area contributed by atoms with Crippen LogP contribution in [0.2, 0.25) is 0 Å². The van der Waals surface area contributed by atoms with Crippen molar-refractivity contribution in [2.75, 3.05) is 5.32 Å². The van der Waals surface area contributed by atoms with Crippen LogP contribution >= 0.6 is 0 Å². The lowest BCUT2D eigenvalue weighted by Gasteiger charge is -2.09. The quantitative estimate of drug-likeness (QED) is 0.723. The third kappa shape index (κ3) is 2.64. The van der Waals surface area contributed by atoms with E-state index in [0.717, 1.165) is 17.0 Å². The lowest BCUT2D eigenvalue weighted by atomic mass is 10.2. The normalized spacial score (nSPS) is 10.5. The zero-order chi connectivity index (χ0) is 14.8. The maximum atomic E-state index is 13.2. The van der Waals surface area contributed by atoms with Crippen LogP contribution in [-0.4, -0.2) is 15.9 Å². The van der Waals surface area contributed by atoms with Crippen molar-refractivity contribution in [3.63, 3.8) is 0 Å². The highest BCUT2D eigenvalue weighted by atomic mass is 19.1. The van der Waals surface area contributed by atoms with Crippen LogP contribution in [0.3, 0.4) is 0 Å². The molecule has 0 aliphatic heterocycles. The maximum absolute atomic E-state index is 13.2. The number of hydrogen-bond acceptors (Lipinski definition) is 4. The molecule has 3 N–H and O–H groups in total. The summed E-state index contributed by atoms with van der Waals surface area (Å²) in [5, 5.41) is 3.79. The molecular weight excluding hydrogens is 271 g/mol. The number of pyridine rings is 2. The van der Waals surface area contributed by atoms with Crippen molar-refractivity contribution in [3.8, 4) is 0 Å². The fraction of sp³-hybridized carbons (Fsp3) is 0. The van der Waals surface area contributed by atoms with Crippen LogP contribution in [0, 0.1) is 5.95 Å². The summed E-state index contributed by atoms with van der Waals surface area (Å²) >= 11 is 0. The molecule has 0 aliphatic carbocycles. The Morgan fingerprint density at radius 3 is 2.81 bits per heavy atom. The van der Waals surface area contributed by atoms with Crippen molar-refractivity contribution >= 4 is 28.3 Å². The Bertz CT molecular complexity index is 835. The number of nitrogens with two attached hydrogens (primary N) is 1. The molecule has 2 aromatic heterocycles. The van der Waals surface area contributed by atoms with Crippen molar-refractivity contribution in [1.82, 2.24) is 9.97 Å². The molecule has 0 spiro atoms. The smallest absolute Gasteiger partial charge is 0.252 e. The molecule has 0 saturated heterocycles. The van der Waals surface area contributed by atoms with E-state index in [-0.39, 0.29) is 11.4 Å². The van der Waals surface area contributed by atoms with E-state index in [2.05, 4.69) is 15.3 Å². The van der Waals surface area contributed by atoms with Gasteiger partial charge in [-0.25, -0.2) is 4.98 Å². The molecule has 3 aromatic rings. The summed E-state index contributed by atoms with van der Waals surface area (Å²) in [6, 6.07) is 11.8. The average Bonchev–Trinajstić information content (AvgIpc) is 2.47. The van der Waals surface area contributed by atoms with E-state index >= 15 is 0 Å². The molecule has 3 rings (SSSR count). The number of para-hydroxylation sites is 1. The first-order chi connectivity index (χ1) is 10.1. The Hall–Kier alpha value is -3.02. The van der Waals surface area contributed by atoms with Crippen molar-refractivity contribution in [1.29, 1.82) is 0 Å². The number of primary amides is 1. The molecule has 1 amide bonds. The molecule has 0 fully saturated rings. The molecule has 6 heteroatoms. The Balaban J connectivity index is 2.02. The van der Waals surface area contributed by atoms with Crippen LogP contribution in [-0.2, 0) is 0 Å². The highest BCUT2D eigenvalue weighted by Crippen LogP contribution is 2.21. The second-order valence-electron chi connectivity index (χ2n) is 4.44. The predicted octanol–water partition coefficient (Wildman–Crippen LogP) is 2.61. The number of carbonyl (C=O) groups excluding carboxylic acids is 1. The Labute approximate surface area is 119 Å². The number of halogens is 1. The Morgan fingerprint density at radius 2 is 2.00 bits per heavy atom. The lowest BCUT2D eigenvalue weighted by Crippen LogP contribution is -2.14. The van der Waals surface area contributed by atoms with Crippen LogP contribution in [0.15, 0.2) is 48.7 Å². The maximum Gasteiger partial charge on any atom is 0.252 e. The molecule has 0 radical (unpaired) electrons. The van der Waals surface area contributed by atoms with E-state index in [0.29, 0.717) is 5.69 Å². The van der Waals surface area contributed by atoms with Crippen molar-refractivity contribution < 1.29 is 9.18 Å². The summed E-state index contributed by atoms with van der Waals surface area (Å²) in [4.78, 5) is 19.3. The van der Waals surface area contributed by atoms with Gasteiger partial charge in [-0.05, 0) is 24.3 Å². The van der Waals surface area contributed by atoms with Gasteiger partial charge < -0.3 is 11.1 Å². The summed E-state index contributed by atoms with van der Waals surface area (Å²) in [5.41, 5.74) is 6.80. The fourth-order valence-corrected chi connectivity index (χ4v) is 2.01. The summed E-state index contributed by atoms with van der Waals surface area (Å²) in [6.45, 7) is 0. The van der Waals surface area contributed by atoms with Crippen LogP contribution in [0.4, 0.5) is 15.9 Å². The van der Waals surface area contributed by atoms with E-state index in [1.54, 1.807) is 6.20 Å². The summed E-state index contributed by atoms with van der Waals surface area (Å²) < 4.78 is 13.2. The number of fused-ring (bicyclic) bond motifs is 1. The number of carbonyl (C=O) groups is 1. The van der Waals surface area contributed by atoms with Gasteiger partial charge in [-0.15, -0.1) is 0 Å². The van der Waals surface area contributed by atoms with E-state index in [4.69, 9.17) is 5.73 Å². The monoisotopic (exact) mass is 282 g/mol. The molecule has 0 bridgehead atoms. The molecule has 0 aliphatic rings. The van der Waals surface area contributed by atoms with Crippen molar-refractivity contribution in [2.45, 2.75) is 0 Å².